The normalized spacial score (nSPS) is 21.8. The summed E-state index contributed by atoms with van der Waals surface area (Å²) in [6, 6.07) is 11.6. The summed E-state index contributed by atoms with van der Waals surface area (Å²) in [4.78, 5) is 53.9. The van der Waals surface area contributed by atoms with Gasteiger partial charge < -0.3 is 35.1 Å². The fraction of sp³-hybridized carbons (Fsp3) is 0.429. The van der Waals surface area contributed by atoms with Gasteiger partial charge in [-0.3, -0.25) is 19.2 Å². The summed E-state index contributed by atoms with van der Waals surface area (Å²) in [5.74, 6) is -0.189. The number of nitrogens with one attached hydrogen (secondary N) is 3. The first-order chi connectivity index (χ1) is 18.9. The summed E-state index contributed by atoms with van der Waals surface area (Å²) in [6.07, 6.45) is 1.25. The maximum Gasteiger partial charge on any atom is 0.255 e. The molecule has 3 atom stereocenters. The number of nitrogens with zero attached hydrogens (tertiary/aromatic N) is 1. The molecular formula is C28H34N4O7. The summed E-state index contributed by atoms with van der Waals surface area (Å²) in [6.45, 7) is 2.71. The molecule has 4 amide bonds. The maximum atomic E-state index is 13.2. The van der Waals surface area contributed by atoms with Gasteiger partial charge in [-0.05, 0) is 56.2 Å². The van der Waals surface area contributed by atoms with E-state index in [4.69, 9.17) is 14.2 Å². The standard InChI is InChI=1S/C28H34N4O7/c1-18-28(36)32-14-5-6-19(32)17-39-24-8-4-3-7-22(24)26(34)31-23(16-25(33)30-18)27(35)29-13-15-38-21-11-9-20(37-2)10-12-21/h3-4,7-12,18-19,23H,5-6,13-17H2,1-2H3,(H,29,35)(H,30,33)(H,31,34)/t18-,19+,23-/m0/s1. The van der Waals surface area contributed by atoms with E-state index in [0.717, 1.165) is 12.8 Å². The van der Waals surface area contributed by atoms with Crippen molar-refractivity contribution in [3.05, 3.63) is 54.1 Å². The van der Waals surface area contributed by atoms with Crippen LogP contribution >= 0.6 is 0 Å². The van der Waals surface area contributed by atoms with Crippen molar-refractivity contribution in [2.24, 2.45) is 0 Å². The molecule has 2 heterocycles. The number of rotatable bonds is 6. The highest BCUT2D eigenvalue weighted by Crippen LogP contribution is 2.23. The van der Waals surface area contributed by atoms with Crippen LogP contribution < -0.4 is 30.2 Å². The lowest BCUT2D eigenvalue weighted by molar-refractivity contribution is -0.137. The third-order valence-corrected chi connectivity index (χ3v) is 6.71. The Hall–Kier alpha value is -4.28. The molecule has 39 heavy (non-hydrogen) atoms. The van der Waals surface area contributed by atoms with Crippen molar-refractivity contribution in [1.29, 1.82) is 0 Å². The van der Waals surface area contributed by atoms with Gasteiger partial charge in [-0.2, -0.15) is 0 Å². The molecular weight excluding hydrogens is 504 g/mol. The number of hydrogen-bond acceptors (Lipinski definition) is 7. The van der Waals surface area contributed by atoms with Crippen LogP contribution in [0.5, 0.6) is 17.2 Å². The van der Waals surface area contributed by atoms with Crippen LogP contribution in [-0.2, 0) is 14.4 Å². The van der Waals surface area contributed by atoms with Crippen LogP contribution in [0.4, 0.5) is 0 Å². The Morgan fingerprint density at radius 3 is 2.59 bits per heavy atom. The topological polar surface area (TPSA) is 135 Å². The van der Waals surface area contributed by atoms with Crippen molar-refractivity contribution < 1.29 is 33.4 Å². The van der Waals surface area contributed by atoms with Gasteiger partial charge in [0, 0.05) is 6.54 Å². The number of hydrogen-bond donors (Lipinski definition) is 3. The van der Waals surface area contributed by atoms with Crippen LogP contribution in [0.2, 0.25) is 0 Å². The van der Waals surface area contributed by atoms with Crippen molar-refractivity contribution in [2.45, 2.75) is 44.3 Å². The van der Waals surface area contributed by atoms with E-state index in [1.165, 1.54) is 0 Å². The second-order valence-electron chi connectivity index (χ2n) is 9.47. The molecule has 1 fully saturated rings. The Labute approximate surface area is 227 Å². The second-order valence-corrected chi connectivity index (χ2v) is 9.47. The molecule has 2 aromatic carbocycles. The van der Waals surface area contributed by atoms with Crippen LogP contribution in [0.3, 0.4) is 0 Å². The van der Waals surface area contributed by atoms with E-state index in [1.807, 2.05) is 0 Å². The molecule has 4 rings (SSSR count). The molecule has 11 heteroatoms. The molecule has 2 aromatic rings. The van der Waals surface area contributed by atoms with E-state index < -0.39 is 29.8 Å². The molecule has 0 spiro atoms. The van der Waals surface area contributed by atoms with Gasteiger partial charge in [-0.25, -0.2) is 0 Å². The van der Waals surface area contributed by atoms with Crippen molar-refractivity contribution in [1.82, 2.24) is 20.9 Å². The molecule has 2 aliphatic heterocycles. The SMILES string of the molecule is COc1ccc(OCCNC(=O)[C@@H]2CC(=O)N[C@@H](C)C(=O)N3CCC[C@@H]3COc3ccccc3C(=O)N2)cc1. The first-order valence-electron chi connectivity index (χ1n) is 13.0. The van der Waals surface area contributed by atoms with Crippen LogP contribution in [0, 0.1) is 0 Å². The van der Waals surface area contributed by atoms with Gasteiger partial charge in [-0.15, -0.1) is 0 Å². The Bertz CT molecular complexity index is 1190. The summed E-state index contributed by atoms with van der Waals surface area (Å²) < 4.78 is 16.7. The highest BCUT2D eigenvalue weighted by Gasteiger charge is 2.34. The van der Waals surface area contributed by atoms with Crippen LogP contribution in [-0.4, -0.2) is 80.1 Å². The van der Waals surface area contributed by atoms with E-state index >= 15 is 0 Å². The van der Waals surface area contributed by atoms with Crippen molar-refractivity contribution in [3.8, 4) is 17.2 Å². The molecule has 3 N–H and O–H groups in total. The number of carbonyl (C=O) groups excluding carboxylic acids is 4. The fourth-order valence-corrected chi connectivity index (χ4v) is 4.64. The zero-order valence-corrected chi connectivity index (χ0v) is 22.1. The molecule has 0 bridgehead atoms. The largest absolute Gasteiger partial charge is 0.497 e. The average Bonchev–Trinajstić information content (AvgIpc) is 3.41. The lowest BCUT2D eigenvalue weighted by atomic mass is 10.1. The van der Waals surface area contributed by atoms with Crippen LogP contribution in [0.1, 0.15) is 36.5 Å². The molecule has 0 unspecified atom stereocenters. The van der Waals surface area contributed by atoms with E-state index in [-0.39, 0.29) is 43.7 Å². The van der Waals surface area contributed by atoms with Gasteiger partial charge in [0.05, 0.1) is 31.7 Å². The number of amides is 4. The lowest BCUT2D eigenvalue weighted by Crippen LogP contribution is -2.53. The van der Waals surface area contributed by atoms with Gasteiger partial charge in [-0.1, -0.05) is 12.1 Å². The number of para-hydroxylation sites is 1. The Balaban J connectivity index is 1.45. The predicted molar refractivity (Wildman–Crippen MR) is 142 cm³/mol. The number of methoxy groups -OCH3 is 1. The predicted octanol–water partition coefficient (Wildman–Crippen LogP) is 1.27. The smallest absolute Gasteiger partial charge is 0.255 e. The molecule has 2 aliphatic rings. The number of fused-ring (bicyclic) bond motifs is 2. The number of carbonyl (C=O) groups is 4. The maximum absolute atomic E-state index is 13.2. The van der Waals surface area contributed by atoms with Crippen molar-refractivity contribution in [2.75, 3.05) is 33.4 Å². The summed E-state index contributed by atoms with van der Waals surface area (Å²) in [5.41, 5.74) is 0.236. The first-order valence-corrected chi connectivity index (χ1v) is 13.0. The molecule has 208 valence electrons. The third kappa shape index (κ3) is 7.18. The van der Waals surface area contributed by atoms with E-state index in [9.17, 15) is 19.2 Å². The van der Waals surface area contributed by atoms with Crippen molar-refractivity contribution >= 4 is 23.6 Å². The van der Waals surface area contributed by atoms with Crippen molar-refractivity contribution in [3.63, 3.8) is 0 Å². The molecule has 0 radical (unpaired) electrons. The van der Waals surface area contributed by atoms with Crippen LogP contribution in [0.25, 0.3) is 0 Å². The molecule has 11 nitrogen and oxygen atoms in total. The van der Waals surface area contributed by atoms with E-state index in [2.05, 4.69) is 16.0 Å². The van der Waals surface area contributed by atoms with Gasteiger partial charge >= 0.3 is 0 Å². The third-order valence-electron chi connectivity index (χ3n) is 6.71. The van der Waals surface area contributed by atoms with E-state index in [0.29, 0.717) is 23.8 Å². The molecule has 1 saturated heterocycles. The Morgan fingerprint density at radius 2 is 1.82 bits per heavy atom. The first kappa shape index (κ1) is 27.7. The monoisotopic (exact) mass is 538 g/mol. The number of ether oxygens (including phenoxy) is 3. The quantitative estimate of drug-likeness (QED) is 0.472. The molecule has 0 aliphatic carbocycles. The minimum atomic E-state index is -1.18. The van der Waals surface area contributed by atoms with Gasteiger partial charge in [0.25, 0.3) is 5.91 Å². The zero-order valence-electron chi connectivity index (χ0n) is 22.1. The zero-order chi connectivity index (χ0) is 27.8. The highest BCUT2D eigenvalue weighted by atomic mass is 16.5. The van der Waals surface area contributed by atoms with Crippen LogP contribution in [0.15, 0.2) is 48.5 Å². The number of benzene rings is 2. The molecule has 0 aromatic heterocycles. The highest BCUT2D eigenvalue weighted by molar-refractivity contribution is 6.01. The van der Waals surface area contributed by atoms with E-state index in [1.54, 1.807) is 67.5 Å². The fourth-order valence-electron chi connectivity index (χ4n) is 4.64. The Morgan fingerprint density at radius 1 is 1.08 bits per heavy atom. The van der Waals surface area contributed by atoms with Gasteiger partial charge in [0.2, 0.25) is 17.7 Å². The molecule has 0 saturated carbocycles. The minimum absolute atomic E-state index is 0.143. The Kier molecular flexibility index (Phi) is 9.24. The van der Waals surface area contributed by atoms with Gasteiger partial charge in [0.15, 0.2) is 0 Å². The van der Waals surface area contributed by atoms with Gasteiger partial charge in [0.1, 0.15) is 42.5 Å². The average molecular weight is 539 g/mol. The lowest BCUT2D eigenvalue weighted by Gasteiger charge is -2.29. The minimum Gasteiger partial charge on any atom is -0.497 e. The second kappa shape index (κ2) is 13.0. The summed E-state index contributed by atoms with van der Waals surface area (Å²) >= 11 is 0. The summed E-state index contributed by atoms with van der Waals surface area (Å²) in [5, 5.41) is 8.04. The summed E-state index contributed by atoms with van der Waals surface area (Å²) in [7, 11) is 1.57.